The maximum atomic E-state index is 13.3. The number of rotatable bonds is 5. The summed E-state index contributed by atoms with van der Waals surface area (Å²) in [5, 5.41) is 10.3. The van der Waals surface area contributed by atoms with E-state index in [9.17, 15) is 9.50 Å². The average molecular weight is 283 g/mol. The fraction of sp³-hybridized carbons (Fsp3) is 0.357. The molecule has 0 fully saturated rings. The van der Waals surface area contributed by atoms with Gasteiger partial charge in [-0.1, -0.05) is 30.7 Å². The van der Waals surface area contributed by atoms with Gasteiger partial charge in [0.2, 0.25) is 0 Å². The molecule has 0 aliphatic heterocycles. The Bertz CT molecular complexity index is 556. The number of aliphatic hydroxyl groups is 1. The maximum absolute atomic E-state index is 13.3. The van der Waals surface area contributed by atoms with Gasteiger partial charge in [0.25, 0.3) is 0 Å². The fourth-order valence-electron chi connectivity index (χ4n) is 2.06. The lowest BCUT2D eigenvalue weighted by Crippen LogP contribution is -2.09. The highest BCUT2D eigenvalue weighted by atomic mass is 35.5. The van der Waals surface area contributed by atoms with E-state index in [0.29, 0.717) is 5.56 Å². The fourth-order valence-corrected chi connectivity index (χ4v) is 2.26. The number of nitrogens with zero attached hydrogens (tertiary/aromatic N) is 2. The molecule has 2 rings (SSSR count). The summed E-state index contributed by atoms with van der Waals surface area (Å²) in [5.41, 5.74) is 1.32. The highest BCUT2D eigenvalue weighted by molar-refractivity contribution is 6.31. The van der Waals surface area contributed by atoms with Crippen LogP contribution in [0.1, 0.15) is 30.7 Å². The van der Waals surface area contributed by atoms with Gasteiger partial charge >= 0.3 is 0 Å². The molecule has 3 nitrogen and oxygen atoms in total. The van der Waals surface area contributed by atoms with Gasteiger partial charge in [-0.15, -0.1) is 0 Å². The summed E-state index contributed by atoms with van der Waals surface area (Å²) in [5.74, 6) is -0.464. The molecule has 0 amide bonds. The first-order valence-corrected chi connectivity index (χ1v) is 6.62. The lowest BCUT2D eigenvalue weighted by Gasteiger charge is -2.14. The standard InChI is InChI=1S/C14H16ClFN2O/c1-2-6-18-9-17-8-12(18)13(19)7-10-4-3-5-11(16)14(10)15/h3-5,8-9,13,19H,2,6-7H2,1H3. The van der Waals surface area contributed by atoms with Crippen LogP contribution in [0, 0.1) is 5.82 Å². The summed E-state index contributed by atoms with van der Waals surface area (Å²) in [6, 6.07) is 4.61. The first-order chi connectivity index (χ1) is 9.13. The molecule has 2 aromatic rings. The third-order valence-corrected chi connectivity index (χ3v) is 3.42. The molecule has 0 saturated carbocycles. The van der Waals surface area contributed by atoms with Crippen molar-refractivity contribution in [1.29, 1.82) is 0 Å². The van der Waals surface area contributed by atoms with Gasteiger partial charge in [-0.05, 0) is 18.1 Å². The average Bonchev–Trinajstić information content (AvgIpc) is 2.84. The van der Waals surface area contributed by atoms with Crippen LogP contribution in [-0.4, -0.2) is 14.7 Å². The Morgan fingerprint density at radius 3 is 3.00 bits per heavy atom. The monoisotopic (exact) mass is 282 g/mol. The van der Waals surface area contributed by atoms with Gasteiger partial charge in [0.15, 0.2) is 0 Å². The summed E-state index contributed by atoms with van der Waals surface area (Å²) in [6.45, 7) is 2.85. The van der Waals surface area contributed by atoms with Crippen molar-refractivity contribution in [2.24, 2.45) is 0 Å². The first-order valence-electron chi connectivity index (χ1n) is 6.24. The molecule has 1 atom stereocenters. The molecule has 102 valence electrons. The van der Waals surface area contributed by atoms with Gasteiger partial charge in [-0.3, -0.25) is 0 Å². The highest BCUT2D eigenvalue weighted by Gasteiger charge is 2.16. The number of hydrogen-bond acceptors (Lipinski definition) is 2. The van der Waals surface area contributed by atoms with Crippen LogP contribution in [0.4, 0.5) is 4.39 Å². The molecule has 0 saturated heterocycles. The van der Waals surface area contributed by atoms with Gasteiger partial charge in [-0.25, -0.2) is 9.37 Å². The van der Waals surface area contributed by atoms with Gasteiger partial charge < -0.3 is 9.67 Å². The molecule has 0 aliphatic rings. The summed E-state index contributed by atoms with van der Waals surface area (Å²) in [6.07, 6.45) is 3.80. The molecule has 1 N–H and O–H groups in total. The van der Waals surface area contributed by atoms with E-state index in [1.807, 2.05) is 4.57 Å². The number of aryl methyl sites for hydroxylation is 1. The molecule has 0 bridgehead atoms. The topological polar surface area (TPSA) is 38.0 Å². The van der Waals surface area contributed by atoms with Crippen LogP contribution in [0.15, 0.2) is 30.7 Å². The van der Waals surface area contributed by atoms with Gasteiger partial charge in [-0.2, -0.15) is 0 Å². The molecule has 5 heteroatoms. The van der Waals surface area contributed by atoms with E-state index >= 15 is 0 Å². The van der Waals surface area contributed by atoms with E-state index in [2.05, 4.69) is 11.9 Å². The summed E-state index contributed by atoms with van der Waals surface area (Å²) >= 11 is 5.89. The van der Waals surface area contributed by atoms with Crippen LogP contribution < -0.4 is 0 Å². The van der Waals surface area contributed by atoms with E-state index in [0.717, 1.165) is 18.7 Å². The Labute approximate surface area is 116 Å². The smallest absolute Gasteiger partial charge is 0.142 e. The number of hydrogen-bond donors (Lipinski definition) is 1. The van der Waals surface area contributed by atoms with Crippen molar-refractivity contribution in [3.8, 4) is 0 Å². The van der Waals surface area contributed by atoms with Crippen molar-refractivity contribution in [2.75, 3.05) is 0 Å². The molecule has 0 radical (unpaired) electrons. The molecule has 1 aromatic heterocycles. The van der Waals surface area contributed by atoms with Crippen molar-refractivity contribution in [3.05, 3.63) is 52.8 Å². The molecule has 1 aromatic carbocycles. The highest BCUT2D eigenvalue weighted by Crippen LogP contribution is 2.25. The van der Waals surface area contributed by atoms with Crippen molar-refractivity contribution >= 4 is 11.6 Å². The maximum Gasteiger partial charge on any atom is 0.142 e. The van der Waals surface area contributed by atoms with E-state index in [1.165, 1.54) is 6.07 Å². The second-order valence-electron chi connectivity index (χ2n) is 4.44. The Kier molecular flexibility index (Phi) is 4.56. The SMILES string of the molecule is CCCn1cncc1C(O)Cc1cccc(F)c1Cl. The third kappa shape index (κ3) is 3.14. The minimum absolute atomic E-state index is 0.0723. The number of imidazole rings is 1. The molecule has 1 heterocycles. The largest absolute Gasteiger partial charge is 0.386 e. The Morgan fingerprint density at radius 2 is 2.26 bits per heavy atom. The molecule has 1 unspecified atom stereocenters. The predicted molar refractivity (Wildman–Crippen MR) is 72.6 cm³/mol. The minimum atomic E-state index is -0.742. The molecule has 19 heavy (non-hydrogen) atoms. The zero-order valence-electron chi connectivity index (χ0n) is 10.7. The lowest BCUT2D eigenvalue weighted by molar-refractivity contribution is 0.168. The number of aliphatic hydroxyl groups excluding tert-OH is 1. The zero-order valence-corrected chi connectivity index (χ0v) is 11.4. The Morgan fingerprint density at radius 1 is 1.47 bits per heavy atom. The lowest BCUT2D eigenvalue weighted by atomic mass is 10.1. The summed E-state index contributed by atoms with van der Waals surface area (Å²) < 4.78 is 15.2. The Hall–Kier alpha value is -1.39. The van der Waals surface area contributed by atoms with Crippen molar-refractivity contribution in [2.45, 2.75) is 32.4 Å². The second kappa shape index (κ2) is 6.17. The van der Waals surface area contributed by atoms with Crippen molar-refractivity contribution in [3.63, 3.8) is 0 Å². The van der Waals surface area contributed by atoms with Crippen LogP contribution in [0.25, 0.3) is 0 Å². The molecule has 0 spiro atoms. The summed E-state index contributed by atoms with van der Waals surface area (Å²) in [7, 11) is 0. The molecular weight excluding hydrogens is 267 g/mol. The predicted octanol–water partition coefficient (Wildman–Crippen LogP) is 3.36. The van der Waals surface area contributed by atoms with Gasteiger partial charge in [0, 0.05) is 13.0 Å². The zero-order chi connectivity index (χ0) is 13.8. The van der Waals surface area contributed by atoms with Gasteiger partial charge in [0.1, 0.15) is 5.82 Å². The normalized spacial score (nSPS) is 12.6. The van der Waals surface area contributed by atoms with Crippen molar-refractivity contribution in [1.82, 2.24) is 9.55 Å². The first kappa shape index (κ1) is 14.0. The number of benzene rings is 1. The van der Waals surface area contributed by atoms with Crippen LogP contribution >= 0.6 is 11.6 Å². The van der Waals surface area contributed by atoms with Crippen molar-refractivity contribution < 1.29 is 9.50 Å². The number of aromatic nitrogens is 2. The van der Waals surface area contributed by atoms with Crippen LogP contribution in [0.2, 0.25) is 5.02 Å². The van der Waals surface area contributed by atoms with E-state index in [1.54, 1.807) is 24.7 Å². The Balaban J connectivity index is 2.18. The van der Waals surface area contributed by atoms with Gasteiger partial charge in [0.05, 0.1) is 29.3 Å². The quantitative estimate of drug-likeness (QED) is 0.913. The number of halogens is 2. The van der Waals surface area contributed by atoms with Crippen LogP contribution in [-0.2, 0) is 13.0 Å². The van der Waals surface area contributed by atoms with E-state index < -0.39 is 11.9 Å². The second-order valence-corrected chi connectivity index (χ2v) is 4.82. The van der Waals surface area contributed by atoms with E-state index in [-0.39, 0.29) is 11.4 Å². The van der Waals surface area contributed by atoms with Crippen LogP contribution in [0.5, 0.6) is 0 Å². The minimum Gasteiger partial charge on any atom is -0.386 e. The third-order valence-electron chi connectivity index (χ3n) is 3.00. The molecular formula is C14H16ClFN2O. The molecule has 0 aliphatic carbocycles. The van der Waals surface area contributed by atoms with E-state index in [4.69, 9.17) is 11.6 Å². The summed E-state index contributed by atoms with van der Waals surface area (Å²) in [4.78, 5) is 4.04. The van der Waals surface area contributed by atoms with Crippen LogP contribution in [0.3, 0.4) is 0 Å².